The molecular formula is C82H95N15O17. The van der Waals surface area contributed by atoms with Crippen LogP contribution < -0.4 is 87.4 Å². The van der Waals surface area contributed by atoms with Gasteiger partial charge >= 0.3 is 12.1 Å². The van der Waals surface area contributed by atoms with Crippen molar-refractivity contribution in [2.24, 2.45) is 11.1 Å². The van der Waals surface area contributed by atoms with Crippen molar-refractivity contribution in [2.45, 2.75) is 135 Å². The van der Waals surface area contributed by atoms with E-state index in [9.17, 15) is 53.1 Å². The van der Waals surface area contributed by atoms with Crippen molar-refractivity contribution in [2.75, 3.05) is 87.7 Å². The molecule has 6 heterocycles. The van der Waals surface area contributed by atoms with Crippen molar-refractivity contribution >= 4 is 99.1 Å². The van der Waals surface area contributed by atoms with Gasteiger partial charge in [0.25, 0.3) is 11.8 Å². The summed E-state index contributed by atoms with van der Waals surface area (Å²) in [5, 5.41) is 33.2. The largest absolute Gasteiger partial charge is 0.497 e. The van der Waals surface area contributed by atoms with Crippen LogP contribution in [0.15, 0.2) is 128 Å². The number of nitrogens with zero attached hydrogens (tertiary/aromatic N) is 5. The van der Waals surface area contributed by atoms with Crippen LogP contribution in [0, 0.1) is 5.41 Å². The lowest BCUT2D eigenvalue weighted by Crippen LogP contribution is -2.54. The predicted molar refractivity (Wildman–Crippen MR) is 421 cm³/mol. The average Bonchev–Trinajstić information content (AvgIpc) is 1.56. The molecule has 6 aliphatic heterocycles. The van der Waals surface area contributed by atoms with Gasteiger partial charge in [0.15, 0.2) is 29.2 Å². The maximum Gasteiger partial charge on any atom is 0.416 e. The highest BCUT2D eigenvalue weighted by Gasteiger charge is 2.58. The second-order valence-electron chi connectivity index (χ2n) is 29.3. The molecule has 6 aromatic rings. The number of aliphatic hydroxyl groups is 1. The molecule has 12 N–H and O–H groups in total. The SMILES string of the molecule is CC[C@H](NC(=O)CNC(=O)CNC(=O)CCC(=O)N1Cc2ccccc2C2=C(NNN2C(C)C)c2ccccc21)C(=O)N[C@@H](CCCNC(N)=O)C(=O)Nc1ccc(COC(=O)N2c3cc(OCCCOc4cc5c(cc4OC)C(=O)N4C=C(c6ccc(OC)cc6)C[C@H]4CN5)c(OC)cc3C(=O)N3CC4(CC4)C[C@H]3C2O)cc1. The van der Waals surface area contributed by atoms with E-state index in [1.165, 1.54) is 26.4 Å². The number of hydrogen-bond donors (Lipinski definition) is 11. The smallest absolute Gasteiger partial charge is 0.416 e. The number of fused-ring (bicyclic) bond motifs is 8. The Balaban J connectivity index is 0.590. The topological polar surface area (TPSA) is 397 Å². The molecule has 1 spiro atoms. The number of nitrogens with one attached hydrogen (secondary N) is 9. The first kappa shape index (κ1) is 79.5. The molecule has 1 saturated carbocycles. The summed E-state index contributed by atoms with van der Waals surface area (Å²) in [5.41, 5.74) is 20.7. The molecule has 1 unspecified atom stereocenters. The Kier molecular flexibility index (Phi) is 24.4. The van der Waals surface area contributed by atoms with Crippen LogP contribution in [0.4, 0.5) is 32.3 Å². The molecule has 2 fully saturated rings. The van der Waals surface area contributed by atoms with Gasteiger partial charge in [-0.25, -0.2) is 14.5 Å². The fourth-order valence-electron chi connectivity index (χ4n) is 15.1. The van der Waals surface area contributed by atoms with Gasteiger partial charge in [-0.15, -0.1) is 5.53 Å². The number of hydrogen-bond acceptors (Lipinski definition) is 21. The molecule has 7 aliphatic rings. The molecule has 600 valence electrons. The highest BCUT2D eigenvalue weighted by molar-refractivity contribution is 6.07. The number of anilines is 4. The Hall–Kier alpha value is -12.6. The summed E-state index contributed by atoms with van der Waals surface area (Å²) in [6.07, 6.45) is 2.46. The molecule has 0 bridgehead atoms. The third-order valence-corrected chi connectivity index (χ3v) is 21.4. The van der Waals surface area contributed by atoms with Crippen LogP contribution in [0.3, 0.4) is 0 Å². The van der Waals surface area contributed by atoms with Crippen molar-refractivity contribution in [3.05, 3.63) is 166 Å². The van der Waals surface area contributed by atoms with E-state index in [1.807, 2.05) is 84.0 Å². The molecular weight excluding hydrogens is 1470 g/mol. The third kappa shape index (κ3) is 17.7. The van der Waals surface area contributed by atoms with Crippen LogP contribution in [-0.4, -0.2) is 183 Å². The summed E-state index contributed by atoms with van der Waals surface area (Å²) in [5.74, 6) is -2.43. The molecule has 1 aliphatic carbocycles. The lowest BCUT2D eigenvalue weighted by atomic mass is 9.95. The lowest BCUT2D eigenvalue weighted by molar-refractivity contribution is -0.131. The maximum absolute atomic E-state index is 14.6. The van der Waals surface area contributed by atoms with Gasteiger partial charge in [0.1, 0.15) is 24.4 Å². The number of primary amides is 1. The highest BCUT2D eigenvalue weighted by atomic mass is 16.6. The highest BCUT2D eigenvalue weighted by Crippen LogP contribution is 2.57. The van der Waals surface area contributed by atoms with Crippen molar-refractivity contribution in [3.63, 3.8) is 0 Å². The van der Waals surface area contributed by atoms with Gasteiger partial charge in [-0.05, 0) is 129 Å². The van der Waals surface area contributed by atoms with Gasteiger partial charge in [0.05, 0.1) is 106 Å². The summed E-state index contributed by atoms with van der Waals surface area (Å²) < 4.78 is 35.3. The van der Waals surface area contributed by atoms with E-state index in [1.54, 1.807) is 65.1 Å². The molecule has 6 aromatic carbocycles. The third-order valence-electron chi connectivity index (χ3n) is 21.4. The van der Waals surface area contributed by atoms with Crippen molar-refractivity contribution in [1.82, 2.24) is 52.4 Å². The number of methoxy groups -OCH3 is 3. The molecule has 32 nitrogen and oxygen atoms in total. The Labute approximate surface area is 658 Å². The second-order valence-corrected chi connectivity index (χ2v) is 29.3. The maximum atomic E-state index is 14.6. The summed E-state index contributed by atoms with van der Waals surface area (Å²) in [6, 6.07) is 31.8. The number of para-hydroxylation sites is 1. The zero-order valence-corrected chi connectivity index (χ0v) is 64.3. The number of amides is 11. The monoisotopic (exact) mass is 1560 g/mol. The molecule has 5 atom stereocenters. The van der Waals surface area contributed by atoms with E-state index in [0.717, 1.165) is 62.7 Å². The average molecular weight is 1560 g/mol. The number of carbonyl (C=O) groups excluding carboxylic acids is 10. The molecule has 114 heavy (non-hydrogen) atoms. The lowest BCUT2D eigenvalue weighted by Gasteiger charge is -2.31. The minimum absolute atomic E-state index is 0.00881. The number of nitrogens with two attached hydrogens (primary N) is 1. The van der Waals surface area contributed by atoms with Crippen molar-refractivity contribution in [1.29, 1.82) is 0 Å². The van der Waals surface area contributed by atoms with Gasteiger partial charge in [-0.3, -0.25) is 43.4 Å². The number of carbonyl (C=O) groups is 10. The van der Waals surface area contributed by atoms with Crippen molar-refractivity contribution < 1.29 is 81.5 Å². The molecule has 13 rings (SSSR count). The van der Waals surface area contributed by atoms with E-state index in [0.29, 0.717) is 66.4 Å². The quantitative estimate of drug-likeness (QED) is 0.0212. The fraction of sp³-hybridized carbons (Fsp3) is 0.390. The Bertz CT molecular complexity index is 4760. The first-order valence-corrected chi connectivity index (χ1v) is 38.2. The second kappa shape index (κ2) is 35.0. The van der Waals surface area contributed by atoms with Gasteiger partial charge in [0.2, 0.25) is 35.4 Å². The molecule has 11 amide bonds. The summed E-state index contributed by atoms with van der Waals surface area (Å²) in [6.45, 7) is 5.79. The molecule has 0 aromatic heterocycles. The van der Waals surface area contributed by atoms with Crippen molar-refractivity contribution in [3.8, 4) is 28.7 Å². The summed E-state index contributed by atoms with van der Waals surface area (Å²) in [7, 11) is 4.55. The number of hydrazine groups is 2. The van der Waals surface area contributed by atoms with Gasteiger partial charge < -0.3 is 96.6 Å². The predicted octanol–water partition coefficient (Wildman–Crippen LogP) is 6.60. The van der Waals surface area contributed by atoms with E-state index in [-0.39, 0.29) is 123 Å². The van der Waals surface area contributed by atoms with Gasteiger partial charge in [0, 0.05) is 80.1 Å². The summed E-state index contributed by atoms with van der Waals surface area (Å²) in [4.78, 5) is 142. The number of benzene rings is 6. The van der Waals surface area contributed by atoms with Crippen LogP contribution in [0.2, 0.25) is 0 Å². The van der Waals surface area contributed by atoms with E-state index in [2.05, 4.69) is 62.0 Å². The number of aliphatic hydroxyl groups excluding tert-OH is 1. The Morgan fingerprint density at radius 3 is 2.09 bits per heavy atom. The first-order valence-electron chi connectivity index (χ1n) is 38.2. The molecule has 1 saturated heterocycles. The molecule has 32 heteroatoms. The standard InChI is InChI=1S/C82H95N15O17/c1-7-59(89-71(100)42-87-70(99)41-86-69(98)27-28-72(101)94-43-50-14-8-9-15-55(50)74-73(91-92-97(74)47(2)3)56-16-10-11-18-62(56)94)75(102)90-60(17-12-31-84-80(83)107)76(103)88-52-23-19-48(20-24-52)45-114-81(108)96-63-38-68(66(111-6)36-58(63)78(105)95-46-82(29-30-82)39-64(95)79(96)106)113-33-13-32-112-67-37-61-57(35-65(67)110-5)77(104)93-44-51(34-53(93)40-85-61)49-21-25-54(109-4)26-22-49/h8-11,14-16,18-26,35-38,44,47,53,59-60,64,79,85,91-92,106H,7,12-13,17,27-34,39-43,45-46H2,1-6H3,(H,86,98)(H,87,99)(H,88,103)(H,89,100)(H,90,102)(H3,83,84,107)/t53-,59-,60-,64-,79?/m0/s1. The van der Waals surface area contributed by atoms with Crippen LogP contribution in [-0.2, 0) is 46.7 Å². The van der Waals surface area contributed by atoms with Gasteiger partial charge in [-0.2, -0.15) is 0 Å². The first-order chi connectivity index (χ1) is 55.0. The zero-order valence-electron chi connectivity index (χ0n) is 64.3. The van der Waals surface area contributed by atoms with Crippen LogP contribution >= 0.6 is 0 Å². The van der Waals surface area contributed by atoms with E-state index < -0.39 is 85.0 Å². The zero-order chi connectivity index (χ0) is 80.5. The summed E-state index contributed by atoms with van der Waals surface area (Å²) >= 11 is 0. The molecule has 0 radical (unpaired) electrons. The van der Waals surface area contributed by atoms with Gasteiger partial charge in [-0.1, -0.05) is 73.7 Å². The van der Waals surface area contributed by atoms with E-state index >= 15 is 0 Å². The Morgan fingerprint density at radius 2 is 1.39 bits per heavy atom. The fourth-order valence-corrected chi connectivity index (χ4v) is 15.1. The van der Waals surface area contributed by atoms with Crippen LogP contribution in [0.25, 0.3) is 17.0 Å². The minimum atomic E-state index is -1.53. The minimum Gasteiger partial charge on any atom is -0.497 e. The Morgan fingerprint density at radius 1 is 0.693 bits per heavy atom. The van der Waals surface area contributed by atoms with Crippen LogP contribution in [0.5, 0.6) is 28.7 Å². The van der Waals surface area contributed by atoms with Crippen LogP contribution in [0.1, 0.15) is 134 Å². The van der Waals surface area contributed by atoms with E-state index in [4.69, 9.17) is 34.2 Å². The number of ether oxygens (including phenoxy) is 6. The normalized spacial score (nSPS) is 17.8. The number of rotatable bonds is 30. The number of urea groups is 1.